The number of hydrogen-bond acceptors (Lipinski definition) is 4. The molecule has 1 aromatic heterocycles. The normalized spacial score (nSPS) is 14.1. The van der Waals surface area contributed by atoms with Crippen molar-refractivity contribution < 1.29 is 8.42 Å². The summed E-state index contributed by atoms with van der Waals surface area (Å²) in [5.74, 6) is 0. The first-order valence-electron chi connectivity index (χ1n) is 6.62. The van der Waals surface area contributed by atoms with Gasteiger partial charge < -0.3 is 5.73 Å². The molecule has 2 N–H and O–H groups in total. The predicted molar refractivity (Wildman–Crippen MR) is 84.4 cm³/mol. The summed E-state index contributed by atoms with van der Waals surface area (Å²) < 4.78 is 28.1. The van der Waals surface area contributed by atoms with Crippen LogP contribution in [0, 0.1) is 0 Å². The Bertz CT molecular complexity index is 707. The Morgan fingerprint density at radius 3 is 2.60 bits per heavy atom. The largest absolute Gasteiger partial charge is 0.326 e. The molecule has 1 atom stereocenters. The van der Waals surface area contributed by atoms with Crippen LogP contribution < -0.4 is 5.73 Å². The Labute approximate surface area is 124 Å². The molecule has 0 spiro atoms. The van der Waals surface area contributed by atoms with Crippen LogP contribution in [0.1, 0.15) is 25.1 Å². The maximum absolute atomic E-state index is 12.9. The molecular formula is C14H20N2O2S2. The second-order valence-electron chi connectivity index (χ2n) is 4.83. The summed E-state index contributed by atoms with van der Waals surface area (Å²) in [5.41, 5.74) is 5.75. The lowest BCUT2D eigenvalue weighted by Gasteiger charge is -2.23. The Balaban J connectivity index is 2.67. The SMILES string of the molecule is CCC(C)N(C)S(=O)(=O)c1c(CN)sc2ccccc12. The zero-order valence-electron chi connectivity index (χ0n) is 12.0. The van der Waals surface area contributed by atoms with Crippen LogP contribution >= 0.6 is 11.3 Å². The van der Waals surface area contributed by atoms with Crippen LogP contribution in [0.25, 0.3) is 10.1 Å². The lowest BCUT2D eigenvalue weighted by Crippen LogP contribution is -2.35. The summed E-state index contributed by atoms with van der Waals surface area (Å²) in [7, 11) is -1.88. The first-order chi connectivity index (χ1) is 9.43. The van der Waals surface area contributed by atoms with Crippen molar-refractivity contribution in [2.75, 3.05) is 7.05 Å². The van der Waals surface area contributed by atoms with Crippen LogP contribution in [0.5, 0.6) is 0 Å². The van der Waals surface area contributed by atoms with Gasteiger partial charge in [-0.3, -0.25) is 0 Å². The standard InChI is InChI=1S/C14H20N2O2S2/c1-4-10(2)16(3)20(17,18)14-11-7-5-6-8-12(11)19-13(14)9-15/h5-8,10H,4,9,15H2,1-3H3. The molecule has 2 aromatic rings. The molecule has 0 bridgehead atoms. The fourth-order valence-corrected chi connectivity index (χ4v) is 5.35. The molecule has 4 nitrogen and oxygen atoms in total. The van der Waals surface area contributed by atoms with Crippen LogP contribution in [0.15, 0.2) is 29.2 Å². The minimum absolute atomic E-state index is 0.0377. The fraction of sp³-hybridized carbons (Fsp3) is 0.429. The molecule has 1 aromatic carbocycles. The van der Waals surface area contributed by atoms with Crippen molar-refractivity contribution >= 4 is 31.4 Å². The van der Waals surface area contributed by atoms with E-state index in [1.54, 1.807) is 7.05 Å². The third kappa shape index (κ3) is 2.48. The van der Waals surface area contributed by atoms with Gasteiger partial charge in [-0.25, -0.2) is 8.42 Å². The van der Waals surface area contributed by atoms with Crippen molar-refractivity contribution in [3.63, 3.8) is 0 Å². The lowest BCUT2D eigenvalue weighted by molar-refractivity contribution is 0.381. The van der Waals surface area contributed by atoms with E-state index >= 15 is 0 Å². The zero-order valence-corrected chi connectivity index (χ0v) is 13.6. The van der Waals surface area contributed by atoms with Gasteiger partial charge in [-0.1, -0.05) is 25.1 Å². The van der Waals surface area contributed by atoms with Gasteiger partial charge in [-0.2, -0.15) is 4.31 Å². The molecule has 0 radical (unpaired) electrons. The number of sulfonamides is 1. The minimum atomic E-state index is -3.51. The molecule has 0 fully saturated rings. The van der Waals surface area contributed by atoms with Crippen molar-refractivity contribution in [3.05, 3.63) is 29.1 Å². The molecule has 0 aliphatic carbocycles. The van der Waals surface area contributed by atoms with Gasteiger partial charge in [0.15, 0.2) is 0 Å². The molecular weight excluding hydrogens is 292 g/mol. The number of hydrogen-bond donors (Lipinski definition) is 1. The Morgan fingerprint density at radius 1 is 1.35 bits per heavy atom. The van der Waals surface area contributed by atoms with E-state index in [0.29, 0.717) is 4.90 Å². The Hall–Kier alpha value is -0.950. The molecule has 1 unspecified atom stereocenters. The number of thiophene rings is 1. The number of fused-ring (bicyclic) bond motifs is 1. The average molecular weight is 312 g/mol. The molecule has 2 rings (SSSR count). The third-order valence-corrected chi connectivity index (χ3v) is 7.07. The van der Waals surface area contributed by atoms with Crippen LogP contribution in [0.4, 0.5) is 0 Å². The number of nitrogens with two attached hydrogens (primary N) is 1. The smallest absolute Gasteiger partial charge is 0.244 e. The van der Waals surface area contributed by atoms with Crippen LogP contribution in [0.2, 0.25) is 0 Å². The molecule has 110 valence electrons. The topological polar surface area (TPSA) is 63.4 Å². The van der Waals surface area contributed by atoms with E-state index < -0.39 is 10.0 Å². The van der Waals surface area contributed by atoms with Crippen LogP contribution in [-0.2, 0) is 16.6 Å². The molecule has 6 heteroatoms. The van der Waals surface area contributed by atoms with Gasteiger partial charge in [-0.15, -0.1) is 11.3 Å². The van der Waals surface area contributed by atoms with E-state index in [1.807, 2.05) is 38.1 Å². The van der Waals surface area contributed by atoms with E-state index in [9.17, 15) is 8.42 Å². The highest BCUT2D eigenvalue weighted by atomic mass is 32.2. The molecule has 1 heterocycles. The van der Waals surface area contributed by atoms with Gasteiger partial charge in [0.2, 0.25) is 10.0 Å². The number of rotatable bonds is 5. The van der Waals surface area contributed by atoms with Gasteiger partial charge in [0.05, 0.1) is 0 Å². The monoisotopic (exact) mass is 312 g/mol. The summed E-state index contributed by atoms with van der Waals surface area (Å²) in [6.45, 7) is 4.13. The quantitative estimate of drug-likeness (QED) is 0.923. The van der Waals surface area contributed by atoms with E-state index in [4.69, 9.17) is 5.73 Å². The van der Waals surface area contributed by atoms with Crippen molar-refractivity contribution in [2.24, 2.45) is 5.73 Å². The molecule has 0 aliphatic heterocycles. The number of nitrogens with zero attached hydrogens (tertiary/aromatic N) is 1. The summed E-state index contributed by atoms with van der Waals surface area (Å²) >= 11 is 1.46. The van der Waals surface area contributed by atoms with Gasteiger partial charge in [0.25, 0.3) is 0 Å². The maximum Gasteiger partial charge on any atom is 0.244 e. The van der Waals surface area contributed by atoms with E-state index in [1.165, 1.54) is 15.6 Å². The highest BCUT2D eigenvalue weighted by Crippen LogP contribution is 2.36. The molecule has 20 heavy (non-hydrogen) atoms. The summed E-state index contributed by atoms with van der Waals surface area (Å²) in [6, 6.07) is 7.51. The second-order valence-corrected chi connectivity index (χ2v) is 7.90. The van der Waals surface area contributed by atoms with E-state index in [-0.39, 0.29) is 12.6 Å². The lowest BCUT2D eigenvalue weighted by atomic mass is 10.2. The first kappa shape index (κ1) is 15.4. The average Bonchev–Trinajstić information content (AvgIpc) is 2.84. The van der Waals surface area contributed by atoms with Crippen LogP contribution in [-0.4, -0.2) is 25.8 Å². The molecule has 0 aliphatic rings. The van der Waals surface area contributed by atoms with Gasteiger partial charge >= 0.3 is 0 Å². The van der Waals surface area contributed by atoms with Crippen LogP contribution in [0.3, 0.4) is 0 Å². The predicted octanol–water partition coefficient (Wildman–Crippen LogP) is 2.78. The molecule has 0 saturated carbocycles. The summed E-state index contributed by atoms with van der Waals surface area (Å²) in [6.07, 6.45) is 0.774. The molecule has 0 saturated heterocycles. The molecule has 0 amide bonds. The van der Waals surface area contributed by atoms with Gasteiger partial charge in [0, 0.05) is 34.6 Å². The second kappa shape index (κ2) is 5.81. The van der Waals surface area contributed by atoms with E-state index in [2.05, 4.69) is 0 Å². The van der Waals surface area contributed by atoms with Crippen molar-refractivity contribution in [1.82, 2.24) is 4.31 Å². The van der Waals surface area contributed by atoms with Crippen molar-refractivity contribution in [2.45, 2.75) is 37.8 Å². The maximum atomic E-state index is 12.9. The highest BCUT2D eigenvalue weighted by Gasteiger charge is 2.30. The summed E-state index contributed by atoms with van der Waals surface area (Å²) in [4.78, 5) is 1.10. The minimum Gasteiger partial charge on any atom is -0.326 e. The third-order valence-electron chi connectivity index (χ3n) is 3.65. The zero-order chi connectivity index (χ0) is 14.9. The van der Waals surface area contributed by atoms with Gasteiger partial charge in [-0.05, 0) is 19.4 Å². The Morgan fingerprint density at radius 2 is 2.00 bits per heavy atom. The fourth-order valence-electron chi connectivity index (χ4n) is 2.13. The summed E-state index contributed by atoms with van der Waals surface area (Å²) in [5, 5.41) is 0.771. The Kier molecular flexibility index (Phi) is 4.49. The number of benzene rings is 1. The van der Waals surface area contributed by atoms with Crippen molar-refractivity contribution in [3.8, 4) is 0 Å². The van der Waals surface area contributed by atoms with Gasteiger partial charge in [0.1, 0.15) is 4.90 Å². The highest BCUT2D eigenvalue weighted by molar-refractivity contribution is 7.89. The van der Waals surface area contributed by atoms with Crippen molar-refractivity contribution in [1.29, 1.82) is 0 Å². The first-order valence-corrected chi connectivity index (χ1v) is 8.87. The van der Waals surface area contributed by atoms with E-state index in [0.717, 1.165) is 21.4 Å².